The number of carbonyl (C=O) groups is 2. The molecule has 104 valence electrons. The number of rotatable bonds is 4. The summed E-state index contributed by atoms with van der Waals surface area (Å²) in [6.07, 6.45) is 1.15. The van der Waals surface area contributed by atoms with Crippen molar-refractivity contribution in [2.24, 2.45) is 0 Å². The second-order valence-corrected chi connectivity index (χ2v) is 3.86. The first-order chi connectivity index (χ1) is 9.13. The lowest BCUT2D eigenvalue weighted by Crippen LogP contribution is -2.50. The zero-order valence-corrected chi connectivity index (χ0v) is 10.4. The van der Waals surface area contributed by atoms with Gasteiger partial charge in [0.15, 0.2) is 11.7 Å². The Kier molecular flexibility index (Phi) is 4.00. The first-order valence-electron chi connectivity index (χ1n) is 5.83. The number of nitrogens with zero attached hydrogens (tertiary/aromatic N) is 2. The van der Waals surface area contributed by atoms with Crippen LogP contribution in [0.2, 0.25) is 0 Å². The Morgan fingerprint density at radius 3 is 3.11 bits per heavy atom. The van der Waals surface area contributed by atoms with Crippen LogP contribution in [0.25, 0.3) is 0 Å². The van der Waals surface area contributed by atoms with E-state index in [9.17, 15) is 9.59 Å². The average Bonchev–Trinajstić information content (AvgIpc) is 2.88. The van der Waals surface area contributed by atoms with Gasteiger partial charge in [0.05, 0.1) is 19.8 Å². The number of hydrogen-bond acceptors (Lipinski definition) is 7. The van der Waals surface area contributed by atoms with E-state index < -0.39 is 18.0 Å². The monoisotopic (exact) mass is 270 g/mol. The third-order valence-corrected chi connectivity index (χ3v) is 2.64. The van der Waals surface area contributed by atoms with Gasteiger partial charge in [-0.15, -0.1) is 0 Å². The van der Waals surface area contributed by atoms with Crippen LogP contribution in [0.15, 0.2) is 10.7 Å². The number of carbonyl (C=O) groups excluding carboxylic acids is 1. The molecule has 1 aliphatic rings. The summed E-state index contributed by atoms with van der Waals surface area (Å²) in [5.74, 6) is -1.63. The van der Waals surface area contributed by atoms with E-state index in [1.807, 2.05) is 0 Å². The minimum absolute atomic E-state index is 0.0208. The van der Waals surface area contributed by atoms with Gasteiger partial charge in [0.1, 0.15) is 6.26 Å². The van der Waals surface area contributed by atoms with Crippen molar-refractivity contribution in [1.82, 2.24) is 4.98 Å². The normalized spacial score (nSPS) is 19.2. The standard InChI is InChI=1S/C11H14N2O6/c1-2-18-10(16)7-5-19-11(12-7)13-3-4-17-6-8(13)9(14)15/h5,8H,2-4,6H2,1H3,(H,14,15). The number of carboxylic acids is 1. The van der Waals surface area contributed by atoms with Crippen molar-refractivity contribution in [3.63, 3.8) is 0 Å². The number of carboxylic acid groups (broad SMARTS) is 1. The summed E-state index contributed by atoms with van der Waals surface area (Å²) in [6.45, 7) is 2.67. The third kappa shape index (κ3) is 2.84. The van der Waals surface area contributed by atoms with Gasteiger partial charge in [-0.2, -0.15) is 4.98 Å². The smallest absolute Gasteiger partial charge is 0.360 e. The second-order valence-electron chi connectivity index (χ2n) is 3.86. The maximum Gasteiger partial charge on any atom is 0.360 e. The lowest BCUT2D eigenvalue weighted by atomic mass is 10.2. The number of hydrogen-bond donors (Lipinski definition) is 1. The molecule has 8 heteroatoms. The number of anilines is 1. The molecule has 1 atom stereocenters. The Hall–Kier alpha value is -2.09. The molecule has 0 aromatic carbocycles. The molecule has 1 fully saturated rings. The fraction of sp³-hybridized carbons (Fsp3) is 0.545. The molecule has 0 spiro atoms. The minimum Gasteiger partial charge on any atom is -0.480 e. The van der Waals surface area contributed by atoms with Crippen molar-refractivity contribution in [2.45, 2.75) is 13.0 Å². The van der Waals surface area contributed by atoms with E-state index in [0.717, 1.165) is 6.26 Å². The van der Waals surface area contributed by atoms with Crippen molar-refractivity contribution < 1.29 is 28.6 Å². The third-order valence-electron chi connectivity index (χ3n) is 2.64. The molecule has 0 saturated carbocycles. The molecule has 0 bridgehead atoms. The SMILES string of the molecule is CCOC(=O)c1coc(N2CCOCC2C(=O)O)n1. The number of morpholine rings is 1. The lowest BCUT2D eigenvalue weighted by molar-refractivity contribution is -0.141. The largest absolute Gasteiger partial charge is 0.480 e. The molecule has 1 unspecified atom stereocenters. The first-order valence-corrected chi connectivity index (χ1v) is 5.83. The highest BCUT2D eigenvalue weighted by Gasteiger charge is 2.32. The van der Waals surface area contributed by atoms with Crippen molar-refractivity contribution in [3.05, 3.63) is 12.0 Å². The number of aromatic nitrogens is 1. The fourth-order valence-electron chi connectivity index (χ4n) is 1.73. The summed E-state index contributed by atoms with van der Waals surface area (Å²) in [4.78, 5) is 28.0. The Labute approximate surface area is 108 Å². The zero-order valence-electron chi connectivity index (χ0n) is 10.4. The van der Waals surface area contributed by atoms with E-state index in [1.165, 1.54) is 4.90 Å². The minimum atomic E-state index is -1.03. The van der Waals surface area contributed by atoms with Crippen molar-refractivity contribution in [2.75, 3.05) is 31.3 Å². The van der Waals surface area contributed by atoms with Gasteiger partial charge < -0.3 is 23.9 Å². The van der Waals surface area contributed by atoms with Crippen molar-refractivity contribution in [3.8, 4) is 0 Å². The Morgan fingerprint density at radius 2 is 2.42 bits per heavy atom. The van der Waals surface area contributed by atoms with E-state index in [-0.39, 0.29) is 24.9 Å². The maximum absolute atomic E-state index is 11.5. The maximum atomic E-state index is 11.5. The molecule has 0 aliphatic carbocycles. The van der Waals surface area contributed by atoms with Gasteiger partial charge in [-0.3, -0.25) is 0 Å². The molecule has 2 rings (SSSR count). The predicted octanol–water partition coefficient (Wildman–Crippen LogP) is 0.141. The molecule has 1 aromatic rings. The highest BCUT2D eigenvalue weighted by atomic mass is 16.5. The predicted molar refractivity (Wildman–Crippen MR) is 62.0 cm³/mol. The summed E-state index contributed by atoms with van der Waals surface area (Å²) in [5.41, 5.74) is 0.0208. The number of oxazole rings is 1. The van der Waals surface area contributed by atoms with Gasteiger partial charge >= 0.3 is 11.9 Å². The molecule has 1 N–H and O–H groups in total. The quantitative estimate of drug-likeness (QED) is 0.771. The Bertz CT molecular complexity index is 472. The highest BCUT2D eigenvalue weighted by molar-refractivity contribution is 5.87. The fourth-order valence-corrected chi connectivity index (χ4v) is 1.73. The van der Waals surface area contributed by atoms with Gasteiger partial charge in [0, 0.05) is 6.54 Å². The van der Waals surface area contributed by atoms with E-state index >= 15 is 0 Å². The summed E-state index contributed by atoms with van der Waals surface area (Å²) in [6, 6.07) is -0.791. The molecule has 1 saturated heterocycles. The zero-order chi connectivity index (χ0) is 13.8. The van der Waals surface area contributed by atoms with E-state index in [2.05, 4.69) is 4.98 Å². The molecule has 8 nitrogen and oxygen atoms in total. The van der Waals surface area contributed by atoms with Gasteiger partial charge in [-0.05, 0) is 6.92 Å². The highest BCUT2D eigenvalue weighted by Crippen LogP contribution is 2.19. The van der Waals surface area contributed by atoms with Crippen LogP contribution in [-0.4, -0.2) is 54.4 Å². The van der Waals surface area contributed by atoms with E-state index in [0.29, 0.717) is 13.2 Å². The summed E-state index contributed by atoms with van der Waals surface area (Å²) < 4.78 is 15.0. The van der Waals surface area contributed by atoms with Crippen molar-refractivity contribution in [1.29, 1.82) is 0 Å². The molecule has 19 heavy (non-hydrogen) atoms. The number of ether oxygens (including phenoxy) is 2. The number of esters is 1. The van der Waals surface area contributed by atoms with Crippen LogP contribution in [-0.2, 0) is 14.3 Å². The molecular weight excluding hydrogens is 256 g/mol. The first kappa shape index (κ1) is 13.3. The Balaban J connectivity index is 2.16. The average molecular weight is 270 g/mol. The molecule has 1 aliphatic heterocycles. The summed E-state index contributed by atoms with van der Waals surface area (Å²) in [5, 5.41) is 9.09. The second kappa shape index (κ2) is 5.70. The molecule has 0 amide bonds. The van der Waals surface area contributed by atoms with Crippen LogP contribution in [0.1, 0.15) is 17.4 Å². The van der Waals surface area contributed by atoms with Crippen LogP contribution in [0.3, 0.4) is 0 Å². The summed E-state index contributed by atoms with van der Waals surface area (Å²) in [7, 11) is 0. The lowest BCUT2D eigenvalue weighted by Gasteiger charge is -2.31. The van der Waals surface area contributed by atoms with Crippen molar-refractivity contribution >= 4 is 18.0 Å². The van der Waals surface area contributed by atoms with Gasteiger partial charge in [0.25, 0.3) is 6.01 Å². The topological polar surface area (TPSA) is 102 Å². The van der Waals surface area contributed by atoms with Crippen LogP contribution in [0, 0.1) is 0 Å². The molecular formula is C11H14N2O6. The van der Waals surface area contributed by atoms with Gasteiger partial charge in [-0.25, -0.2) is 9.59 Å². The molecule has 2 heterocycles. The number of aliphatic carboxylic acids is 1. The Morgan fingerprint density at radius 1 is 1.63 bits per heavy atom. The van der Waals surface area contributed by atoms with Gasteiger partial charge in [0.2, 0.25) is 0 Å². The van der Waals surface area contributed by atoms with E-state index in [1.54, 1.807) is 6.92 Å². The molecule has 1 aromatic heterocycles. The van der Waals surface area contributed by atoms with Crippen LogP contribution in [0.4, 0.5) is 6.01 Å². The molecule has 0 radical (unpaired) electrons. The van der Waals surface area contributed by atoms with Crippen LogP contribution in [0.5, 0.6) is 0 Å². The van der Waals surface area contributed by atoms with E-state index in [4.69, 9.17) is 19.0 Å². The van der Waals surface area contributed by atoms with Gasteiger partial charge in [-0.1, -0.05) is 0 Å². The van der Waals surface area contributed by atoms with Crippen LogP contribution < -0.4 is 4.90 Å². The summed E-state index contributed by atoms with van der Waals surface area (Å²) >= 11 is 0. The van der Waals surface area contributed by atoms with Crippen LogP contribution >= 0.6 is 0 Å².